The van der Waals surface area contributed by atoms with Crippen LogP contribution in [0.25, 0.3) is 0 Å². The van der Waals surface area contributed by atoms with Crippen molar-refractivity contribution < 1.29 is 0 Å². The highest BCUT2D eigenvalue weighted by Gasteiger charge is 2.29. The quantitative estimate of drug-likeness (QED) is 0.726. The molecule has 5 heteroatoms. The van der Waals surface area contributed by atoms with Crippen molar-refractivity contribution >= 4 is 15.9 Å². The van der Waals surface area contributed by atoms with Gasteiger partial charge in [-0.15, -0.1) is 0 Å². The summed E-state index contributed by atoms with van der Waals surface area (Å²) in [5.74, 6) is 0. The van der Waals surface area contributed by atoms with E-state index in [9.17, 15) is 4.79 Å². The van der Waals surface area contributed by atoms with Gasteiger partial charge in [0.05, 0.1) is 6.54 Å². The first-order valence-electron chi connectivity index (χ1n) is 6.23. The highest BCUT2D eigenvalue weighted by atomic mass is 79.9. The van der Waals surface area contributed by atoms with Gasteiger partial charge < -0.3 is 0 Å². The minimum absolute atomic E-state index is 0.0254. The molecule has 0 aromatic carbocycles. The molecular formula is C12H22BrN3O. The molecule has 0 radical (unpaired) electrons. The Morgan fingerprint density at radius 1 is 1.35 bits per heavy atom. The molecule has 0 aliphatic rings. The highest BCUT2D eigenvalue weighted by molar-refractivity contribution is 9.09. The van der Waals surface area contributed by atoms with Gasteiger partial charge in [0.2, 0.25) is 0 Å². The van der Waals surface area contributed by atoms with Crippen molar-refractivity contribution in [2.24, 2.45) is 12.5 Å². The second-order valence-electron chi connectivity index (χ2n) is 4.82. The van der Waals surface area contributed by atoms with Gasteiger partial charge in [-0.2, -0.15) is 5.10 Å². The summed E-state index contributed by atoms with van der Waals surface area (Å²) in [4.78, 5) is 11.8. The van der Waals surface area contributed by atoms with E-state index in [0.29, 0.717) is 6.54 Å². The van der Waals surface area contributed by atoms with Crippen LogP contribution in [-0.2, 0) is 13.6 Å². The molecule has 0 N–H and O–H groups in total. The van der Waals surface area contributed by atoms with E-state index in [1.54, 1.807) is 18.1 Å². The summed E-state index contributed by atoms with van der Waals surface area (Å²) in [6.45, 7) is 5.09. The van der Waals surface area contributed by atoms with E-state index in [0.717, 1.165) is 31.0 Å². The number of hydrogen-bond acceptors (Lipinski definition) is 2. The van der Waals surface area contributed by atoms with E-state index in [1.807, 2.05) is 0 Å². The molecule has 0 fully saturated rings. The molecule has 1 aromatic rings. The summed E-state index contributed by atoms with van der Waals surface area (Å²) < 4.78 is 3.11. The van der Waals surface area contributed by atoms with Crippen molar-refractivity contribution in [1.29, 1.82) is 0 Å². The number of rotatable bonds is 7. The molecule has 1 aromatic heterocycles. The predicted molar refractivity (Wildman–Crippen MR) is 73.5 cm³/mol. The van der Waals surface area contributed by atoms with Gasteiger partial charge in [-0.3, -0.25) is 4.57 Å². The monoisotopic (exact) mass is 303 g/mol. The third kappa shape index (κ3) is 3.44. The van der Waals surface area contributed by atoms with Gasteiger partial charge in [0.15, 0.2) is 0 Å². The molecule has 0 amide bonds. The first-order valence-corrected chi connectivity index (χ1v) is 7.35. The van der Waals surface area contributed by atoms with Crippen molar-refractivity contribution in [3.8, 4) is 0 Å². The Labute approximate surface area is 111 Å². The van der Waals surface area contributed by atoms with E-state index in [4.69, 9.17) is 0 Å². The van der Waals surface area contributed by atoms with Gasteiger partial charge >= 0.3 is 5.69 Å². The van der Waals surface area contributed by atoms with E-state index in [-0.39, 0.29) is 11.1 Å². The third-order valence-electron chi connectivity index (χ3n) is 3.22. The lowest BCUT2D eigenvalue weighted by Crippen LogP contribution is -2.34. The molecule has 1 rings (SSSR count). The summed E-state index contributed by atoms with van der Waals surface area (Å²) in [6, 6.07) is 0. The van der Waals surface area contributed by atoms with Crippen LogP contribution in [-0.4, -0.2) is 19.7 Å². The average Bonchev–Trinajstić information content (AvgIpc) is 2.61. The fourth-order valence-electron chi connectivity index (χ4n) is 2.37. The molecule has 0 spiro atoms. The van der Waals surface area contributed by atoms with E-state index in [1.165, 1.54) is 4.57 Å². The minimum atomic E-state index is -0.0254. The van der Waals surface area contributed by atoms with Crippen LogP contribution in [0, 0.1) is 5.41 Å². The maximum atomic E-state index is 11.8. The molecule has 0 aliphatic heterocycles. The first kappa shape index (κ1) is 14.5. The topological polar surface area (TPSA) is 39.8 Å². The minimum Gasteiger partial charge on any atom is -0.285 e. The summed E-state index contributed by atoms with van der Waals surface area (Å²) in [7, 11) is 1.74. The Balaban J connectivity index is 2.92. The number of aryl methyl sites for hydroxylation is 1. The van der Waals surface area contributed by atoms with E-state index < -0.39 is 0 Å². The lowest BCUT2D eigenvalue weighted by atomic mass is 9.81. The van der Waals surface area contributed by atoms with Gasteiger partial charge in [-0.1, -0.05) is 42.6 Å². The first-order chi connectivity index (χ1) is 8.08. The summed E-state index contributed by atoms with van der Waals surface area (Å²) >= 11 is 3.61. The lowest BCUT2D eigenvalue weighted by molar-refractivity contribution is 0.219. The van der Waals surface area contributed by atoms with E-state index in [2.05, 4.69) is 34.9 Å². The zero-order chi connectivity index (χ0) is 12.9. The molecule has 0 aliphatic carbocycles. The van der Waals surface area contributed by atoms with Crippen LogP contribution in [0.4, 0.5) is 0 Å². The smallest absolute Gasteiger partial charge is 0.285 e. The summed E-state index contributed by atoms with van der Waals surface area (Å²) in [6.07, 6.45) is 6.09. The lowest BCUT2D eigenvalue weighted by Gasteiger charge is -2.31. The highest BCUT2D eigenvalue weighted by Crippen LogP contribution is 2.33. The van der Waals surface area contributed by atoms with Gasteiger partial charge in [0, 0.05) is 12.4 Å². The largest absolute Gasteiger partial charge is 0.345 e. The van der Waals surface area contributed by atoms with Crippen LogP contribution in [0.15, 0.2) is 11.1 Å². The third-order valence-corrected chi connectivity index (χ3v) is 4.41. The maximum absolute atomic E-state index is 11.8. The number of halogens is 1. The molecule has 17 heavy (non-hydrogen) atoms. The molecule has 0 saturated heterocycles. The molecule has 0 atom stereocenters. The van der Waals surface area contributed by atoms with Crippen molar-refractivity contribution in [3.63, 3.8) is 0 Å². The van der Waals surface area contributed by atoms with Crippen LogP contribution in [0.1, 0.15) is 39.5 Å². The number of alkyl halides is 1. The Morgan fingerprint density at radius 3 is 2.29 bits per heavy atom. The normalized spacial score (nSPS) is 12.0. The molecule has 0 unspecified atom stereocenters. The fourth-order valence-corrected chi connectivity index (χ4v) is 3.10. The van der Waals surface area contributed by atoms with Gasteiger partial charge in [0.1, 0.15) is 6.33 Å². The molecule has 0 saturated carbocycles. The van der Waals surface area contributed by atoms with Gasteiger partial charge in [-0.25, -0.2) is 9.48 Å². The molecule has 4 nitrogen and oxygen atoms in total. The van der Waals surface area contributed by atoms with Gasteiger partial charge in [0.25, 0.3) is 0 Å². The van der Waals surface area contributed by atoms with Crippen molar-refractivity contribution in [2.75, 3.05) is 5.33 Å². The number of hydrogen-bond donors (Lipinski definition) is 0. The zero-order valence-corrected chi connectivity index (χ0v) is 12.5. The predicted octanol–water partition coefficient (Wildman–Crippen LogP) is 2.56. The molecule has 0 bridgehead atoms. The van der Waals surface area contributed by atoms with Crippen LogP contribution >= 0.6 is 15.9 Å². The Morgan fingerprint density at radius 2 is 1.94 bits per heavy atom. The van der Waals surface area contributed by atoms with E-state index >= 15 is 0 Å². The van der Waals surface area contributed by atoms with Crippen LogP contribution in [0.2, 0.25) is 0 Å². The van der Waals surface area contributed by atoms with Crippen LogP contribution in [0.5, 0.6) is 0 Å². The SMILES string of the molecule is CCCC(CBr)(CCC)Cn1ncn(C)c1=O. The second kappa shape index (κ2) is 6.38. The fraction of sp³-hybridized carbons (Fsp3) is 0.833. The second-order valence-corrected chi connectivity index (χ2v) is 5.38. The zero-order valence-electron chi connectivity index (χ0n) is 10.9. The molecular weight excluding hydrogens is 282 g/mol. The Bertz CT molecular complexity index is 391. The van der Waals surface area contributed by atoms with Crippen LogP contribution in [0.3, 0.4) is 0 Å². The van der Waals surface area contributed by atoms with Crippen molar-refractivity contribution in [2.45, 2.75) is 46.1 Å². The molecule has 98 valence electrons. The maximum Gasteiger partial charge on any atom is 0.345 e. The Hall–Kier alpha value is -0.580. The number of nitrogens with zero attached hydrogens (tertiary/aromatic N) is 3. The molecule has 1 heterocycles. The van der Waals surface area contributed by atoms with Crippen molar-refractivity contribution in [3.05, 3.63) is 16.8 Å². The van der Waals surface area contributed by atoms with Crippen LogP contribution < -0.4 is 5.69 Å². The standard InChI is InChI=1S/C12H22BrN3O/c1-4-6-12(8-13,7-5-2)9-16-11(17)15(3)10-14-16/h10H,4-9H2,1-3H3. The number of aromatic nitrogens is 3. The Kier molecular flexibility index (Phi) is 5.43. The van der Waals surface area contributed by atoms with Gasteiger partial charge in [-0.05, 0) is 18.3 Å². The average molecular weight is 304 g/mol. The summed E-state index contributed by atoms with van der Waals surface area (Å²) in [5.41, 5.74) is 0.129. The summed E-state index contributed by atoms with van der Waals surface area (Å²) in [5, 5.41) is 5.08. The van der Waals surface area contributed by atoms with Crippen molar-refractivity contribution in [1.82, 2.24) is 14.3 Å².